The quantitative estimate of drug-likeness (QED) is 0.531. The topological polar surface area (TPSA) is 100 Å². The molecule has 1 fully saturated rings. The Labute approximate surface area is 185 Å². The second-order valence-electron chi connectivity index (χ2n) is 7.70. The lowest BCUT2D eigenvalue weighted by molar-refractivity contribution is 0.102. The third-order valence-corrected chi connectivity index (χ3v) is 5.48. The molecule has 1 aliphatic rings. The Morgan fingerprint density at radius 2 is 1.78 bits per heavy atom. The van der Waals surface area contributed by atoms with Gasteiger partial charge in [0.25, 0.3) is 5.91 Å². The zero-order valence-electron chi connectivity index (χ0n) is 17.6. The molecule has 9 nitrogen and oxygen atoms in total. The predicted molar refractivity (Wildman–Crippen MR) is 122 cm³/mol. The summed E-state index contributed by atoms with van der Waals surface area (Å²) in [6, 6.07) is 9.10. The zero-order chi connectivity index (χ0) is 21.9. The van der Waals surface area contributed by atoms with Crippen LogP contribution in [0, 0.1) is 0 Å². The second kappa shape index (κ2) is 8.64. The highest BCUT2D eigenvalue weighted by molar-refractivity contribution is 6.04. The summed E-state index contributed by atoms with van der Waals surface area (Å²) in [5.74, 6) is 1.01. The third-order valence-electron chi connectivity index (χ3n) is 5.48. The van der Waals surface area contributed by atoms with E-state index in [1.807, 2.05) is 18.2 Å². The number of pyridine rings is 3. The molecule has 1 aliphatic heterocycles. The summed E-state index contributed by atoms with van der Waals surface area (Å²) in [4.78, 5) is 39.2. The standard InChI is InChI=1S/C23H22N8O/c1-30-8-10-31(11-9-30)22-12-16(4-5-26-22)23(32)29-21-13-19-17(14-27-21)2-3-18(28-19)20-15-24-6-7-25-20/h2-7,12-15H,8-11H2,1H3,(H,27,29,32). The van der Waals surface area contributed by atoms with E-state index in [1.165, 1.54) is 0 Å². The number of likely N-dealkylation sites (N-methyl/N-ethyl adjacent to an activating group) is 1. The van der Waals surface area contributed by atoms with Crippen LogP contribution in [-0.2, 0) is 0 Å². The van der Waals surface area contributed by atoms with Gasteiger partial charge in [0.2, 0.25) is 0 Å². The summed E-state index contributed by atoms with van der Waals surface area (Å²) >= 11 is 0. The molecule has 4 aromatic rings. The Morgan fingerprint density at radius 3 is 2.59 bits per heavy atom. The molecule has 1 amide bonds. The monoisotopic (exact) mass is 426 g/mol. The number of hydrogen-bond donors (Lipinski definition) is 1. The van der Waals surface area contributed by atoms with E-state index in [4.69, 9.17) is 0 Å². The molecule has 4 aromatic heterocycles. The van der Waals surface area contributed by atoms with Gasteiger partial charge in [-0.1, -0.05) is 0 Å². The first-order valence-electron chi connectivity index (χ1n) is 10.4. The molecule has 5 rings (SSSR count). The van der Waals surface area contributed by atoms with Gasteiger partial charge in [-0.2, -0.15) is 0 Å². The number of aromatic nitrogens is 5. The van der Waals surface area contributed by atoms with Gasteiger partial charge in [-0.3, -0.25) is 14.8 Å². The van der Waals surface area contributed by atoms with Gasteiger partial charge in [-0.05, 0) is 31.3 Å². The van der Waals surface area contributed by atoms with Crippen LogP contribution in [0.3, 0.4) is 0 Å². The lowest BCUT2D eigenvalue weighted by Crippen LogP contribution is -2.44. The highest BCUT2D eigenvalue weighted by atomic mass is 16.1. The van der Waals surface area contributed by atoms with Crippen molar-refractivity contribution < 1.29 is 4.79 Å². The number of amides is 1. The van der Waals surface area contributed by atoms with Crippen molar-refractivity contribution in [1.29, 1.82) is 0 Å². The molecule has 0 aromatic carbocycles. The van der Waals surface area contributed by atoms with Gasteiger partial charge in [0.1, 0.15) is 17.3 Å². The number of anilines is 2. The summed E-state index contributed by atoms with van der Waals surface area (Å²) in [6.45, 7) is 3.73. The summed E-state index contributed by atoms with van der Waals surface area (Å²) in [6.07, 6.45) is 8.28. The molecule has 0 aliphatic carbocycles. The molecule has 1 N–H and O–H groups in total. The molecule has 0 saturated carbocycles. The molecular weight excluding hydrogens is 404 g/mol. The molecule has 160 valence electrons. The number of nitrogens with one attached hydrogen (secondary N) is 1. The molecule has 9 heteroatoms. The van der Waals surface area contributed by atoms with Crippen LogP contribution in [0.4, 0.5) is 11.6 Å². The first-order chi connectivity index (χ1) is 15.7. The van der Waals surface area contributed by atoms with Gasteiger partial charge >= 0.3 is 0 Å². The lowest BCUT2D eigenvalue weighted by Gasteiger charge is -2.33. The molecule has 1 saturated heterocycles. The molecular formula is C23H22N8O. The fourth-order valence-electron chi connectivity index (χ4n) is 3.62. The normalized spacial score (nSPS) is 14.5. The van der Waals surface area contributed by atoms with Gasteiger partial charge < -0.3 is 15.1 Å². The van der Waals surface area contributed by atoms with Crippen molar-refractivity contribution in [3.63, 3.8) is 0 Å². The molecule has 5 heterocycles. The Kier molecular flexibility index (Phi) is 5.39. The number of carbonyl (C=O) groups excluding carboxylic acids is 1. The summed E-state index contributed by atoms with van der Waals surface area (Å²) < 4.78 is 0. The van der Waals surface area contributed by atoms with Crippen LogP contribution in [-0.4, -0.2) is 69.0 Å². The average molecular weight is 426 g/mol. The maximum atomic E-state index is 12.9. The Morgan fingerprint density at radius 1 is 0.906 bits per heavy atom. The number of carbonyl (C=O) groups is 1. The fourth-order valence-corrected chi connectivity index (χ4v) is 3.62. The first kappa shape index (κ1) is 20.0. The largest absolute Gasteiger partial charge is 0.354 e. The van der Waals surface area contributed by atoms with Crippen molar-refractivity contribution in [2.45, 2.75) is 0 Å². The summed E-state index contributed by atoms with van der Waals surface area (Å²) in [7, 11) is 2.11. The molecule has 0 spiro atoms. The Bertz CT molecular complexity index is 1260. The van der Waals surface area contributed by atoms with Crippen molar-refractivity contribution in [2.24, 2.45) is 0 Å². The van der Waals surface area contributed by atoms with Gasteiger partial charge in [-0.25, -0.2) is 15.0 Å². The lowest BCUT2D eigenvalue weighted by atomic mass is 10.2. The van der Waals surface area contributed by atoms with E-state index in [0.717, 1.165) is 37.4 Å². The molecule has 32 heavy (non-hydrogen) atoms. The average Bonchev–Trinajstić information content (AvgIpc) is 2.84. The Balaban J connectivity index is 1.36. The smallest absolute Gasteiger partial charge is 0.257 e. The van der Waals surface area contributed by atoms with Crippen molar-refractivity contribution in [3.8, 4) is 11.4 Å². The first-order valence-corrected chi connectivity index (χ1v) is 10.4. The second-order valence-corrected chi connectivity index (χ2v) is 7.70. The van der Waals surface area contributed by atoms with Crippen LogP contribution in [0.15, 0.2) is 61.3 Å². The van der Waals surface area contributed by atoms with E-state index in [9.17, 15) is 4.79 Å². The van der Waals surface area contributed by atoms with Crippen molar-refractivity contribution in [2.75, 3.05) is 43.4 Å². The number of nitrogens with zero attached hydrogens (tertiary/aromatic N) is 7. The van der Waals surface area contributed by atoms with Crippen LogP contribution in [0.5, 0.6) is 0 Å². The van der Waals surface area contributed by atoms with Gasteiger partial charge in [0, 0.05) is 68.0 Å². The molecule has 0 unspecified atom stereocenters. The SMILES string of the molecule is CN1CCN(c2cc(C(=O)Nc3cc4nc(-c5cnccn5)ccc4cn3)ccn2)CC1. The number of fused-ring (bicyclic) bond motifs is 1. The third kappa shape index (κ3) is 4.23. The zero-order valence-corrected chi connectivity index (χ0v) is 17.6. The van der Waals surface area contributed by atoms with Crippen LogP contribution >= 0.6 is 0 Å². The molecule has 0 radical (unpaired) electrons. The minimum absolute atomic E-state index is 0.236. The van der Waals surface area contributed by atoms with E-state index >= 15 is 0 Å². The minimum atomic E-state index is -0.236. The number of rotatable bonds is 4. The summed E-state index contributed by atoms with van der Waals surface area (Å²) in [5, 5.41) is 3.75. The number of piperazine rings is 1. The highest BCUT2D eigenvalue weighted by Crippen LogP contribution is 2.21. The predicted octanol–water partition coefficient (Wildman–Crippen LogP) is 2.49. The van der Waals surface area contributed by atoms with Gasteiger partial charge in [0.05, 0.1) is 17.4 Å². The van der Waals surface area contributed by atoms with Gasteiger partial charge in [0.15, 0.2) is 0 Å². The van der Waals surface area contributed by atoms with Crippen molar-refractivity contribution in [3.05, 3.63) is 66.9 Å². The van der Waals surface area contributed by atoms with Crippen molar-refractivity contribution in [1.82, 2.24) is 29.8 Å². The molecule has 0 bridgehead atoms. The van der Waals surface area contributed by atoms with Crippen LogP contribution < -0.4 is 10.2 Å². The van der Waals surface area contributed by atoms with Gasteiger partial charge in [-0.15, -0.1) is 0 Å². The van der Waals surface area contributed by atoms with Crippen LogP contribution in [0.2, 0.25) is 0 Å². The minimum Gasteiger partial charge on any atom is -0.354 e. The Hall–Kier alpha value is -3.98. The van der Waals surface area contributed by atoms with E-state index in [2.05, 4.69) is 47.1 Å². The van der Waals surface area contributed by atoms with E-state index in [-0.39, 0.29) is 5.91 Å². The fraction of sp³-hybridized carbons (Fsp3) is 0.217. The number of hydrogen-bond acceptors (Lipinski definition) is 8. The maximum Gasteiger partial charge on any atom is 0.257 e. The summed E-state index contributed by atoms with van der Waals surface area (Å²) in [5.41, 5.74) is 2.65. The maximum absolute atomic E-state index is 12.9. The van der Waals surface area contributed by atoms with E-state index < -0.39 is 0 Å². The molecule has 0 atom stereocenters. The van der Waals surface area contributed by atoms with E-state index in [1.54, 1.807) is 43.1 Å². The van der Waals surface area contributed by atoms with Crippen molar-refractivity contribution >= 4 is 28.4 Å². The highest BCUT2D eigenvalue weighted by Gasteiger charge is 2.17. The van der Waals surface area contributed by atoms with Crippen LogP contribution in [0.1, 0.15) is 10.4 Å². The van der Waals surface area contributed by atoms with E-state index in [0.29, 0.717) is 28.3 Å². The van der Waals surface area contributed by atoms with Crippen LogP contribution in [0.25, 0.3) is 22.3 Å².